The highest BCUT2D eigenvalue weighted by Crippen LogP contribution is 2.44. The summed E-state index contributed by atoms with van der Waals surface area (Å²) < 4.78 is 13.9. The Bertz CT molecular complexity index is 1480. The van der Waals surface area contributed by atoms with Gasteiger partial charge in [0.2, 0.25) is 0 Å². The molecule has 0 aliphatic carbocycles. The first kappa shape index (κ1) is 26.2. The zero-order chi connectivity index (χ0) is 28.4. The highest BCUT2D eigenvalue weighted by atomic mass is 16.6. The zero-order valence-corrected chi connectivity index (χ0v) is 20.3. The SMILES string of the molecule is Nc1ncnc2c1ncn2[C@]1(N=N[C@@]2(n3cnc4c(N)ncnc43)O[C@H](CO)[C@@H](O)[C@H]2O)O[C@H](CO)[C@@H](O)[C@H]1O. The van der Waals surface area contributed by atoms with Crippen LogP contribution in [0.15, 0.2) is 35.5 Å². The van der Waals surface area contributed by atoms with Gasteiger partial charge in [-0.25, -0.2) is 29.9 Å². The Morgan fingerprint density at radius 3 is 1.45 bits per heavy atom. The first-order chi connectivity index (χ1) is 19.2. The molecule has 2 aliphatic rings. The normalized spacial score (nSPS) is 34.5. The zero-order valence-electron chi connectivity index (χ0n) is 20.3. The van der Waals surface area contributed by atoms with Crippen molar-refractivity contribution in [3.05, 3.63) is 25.3 Å². The van der Waals surface area contributed by atoms with Crippen LogP contribution in [0.1, 0.15) is 0 Å². The minimum Gasteiger partial charge on any atom is -0.394 e. The highest BCUT2D eigenvalue weighted by molar-refractivity contribution is 5.82. The molecule has 6 heterocycles. The topological polar surface area (TPSA) is 304 Å². The molecule has 0 aromatic carbocycles. The summed E-state index contributed by atoms with van der Waals surface area (Å²) in [5.41, 5.74) is 12.0. The lowest BCUT2D eigenvalue weighted by atomic mass is 10.1. The van der Waals surface area contributed by atoms with E-state index in [2.05, 4.69) is 40.1 Å². The lowest BCUT2D eigenvalue weighted by molar-refractivity contribution is -0.171. The minimum absolute atomic E-state index is 0.00957. The number of hydrogen-bond donors (Lipinski definition) is 8. The van der Waals surface area contributed by atoms with Crippen LogP contribution in [0.25, 0.3) is 22.3 Å². The van der Waals surface area contributed by atoms with Crippen LogP contribution >= 0.6 is 0 Å². The number of fused-ring (bicyclic) bond motifs is 2. The molecule has 2 aliphatic heterocycles. The maximum atomic E-state index is 11.2. The molecule has 6 rings (SSSR count). The van der Waals surface area contributed by atoms with Gasteiger partial charge in [-0.1, -0.05) is 0 Å². The molecule has 0 saturated carbocycles. The quantitative estimate of drug-likeness (QED) is 0.103. The number of aromatic nitrogens is 8. The monoisotopic (exact) mass is 560 g/mol. The van der Waals surface area contributed by atoms with E-state index in [4.69, 9.17) is 20.9 Å². The van der Waals surface area contributed by atoms with E-state index >= 15 is 0 Å². The minimum atomic E-state index is -2.37. The van der Waals surface area contributed by atoms with Gasteiger partial charge in [-0.3, -0.25) is 9.13 Å². The van der Waals surface area contributed by atoms with Crippen LogP contribution in [0.5, 0.6) is 0 Å². The second-order valence-corrected chi connectivity index (χ2v) is 9.16. The van der Waals surface area contributed by atoms with Crippen LogP contribution in [0.4, 0.5) is 11.6 Å². The predicted octanol–water partition coefficient (Wildman–Crippen LogP) is -4.27. The van der Waals surface area contributed by atoms with Crippen LogP contribution in [0.2, 0.25) is 0 Å². The van der Waals surface area contributed by atoms with Crippen LogP contribution in [0, 0.1) is 0 Å². The first-order valence-corrected chi connectivity index (χ1v) is 11.8. The van der Waals surface area contributed by atoms with Crippen LogP contribution in [-0.4, -0.2) is 120 Å². The Balaban J connectivity index is 1.58. The van der Waals surface area contributed by atoms with E-state index in [9.17, 15) is 30.6 Å². The molecular weight excluding hydrogens is 536 g/mol. The van der Waals surface area contributed by atoms with Crippen molar-refractivity contribution < 1.29 is 40.1 Å². The number of hydrogen-bond acceptors (Lipinski definition) is 18. The number of rotatable bonds is 6. The maximum Gasteiger partial charge on any atom is 0.294 e. The summed E-state index contributed by atoms with van der Waals surface area (Å²) in [6, 6.07) is 0. The van der Waals surface area contributed by atoms with Gasteiger partial charge >= 0.3 is 0 Å². The fraction of sp³-hybridized carbons (Fsp3) is 0.500. The Labute approximate surface area is 222 Å². The summed E-state index contributed by atoms with van der Waals surface area (Å²) in [4.78, 5) is 24.3. The van der Waals surface area contributed by atoms with Gasteiger partial charge in [0.1, 0.15) is 60.8 Å². The van der Waals surface area contributed by atoms with Gasteiger partial charge < -0.3 is 51.6 Å². The third-order valence-corrected chi connectivity index (χ3v) is 6.94. The number of aliphatic hydroxyl groups excluding tert-OH is 6. The lowest BCUT2D eigenvalue weighted by Gasteiger charge is -2.32. The maximum absolute atomic E-state index is 11.2. The Morgan fingerprint density at radius 1 is 0.700 bits per heavy atom. The third kappa shape index (κ3) is 3.49. The number of imidazole rings is 2. The van der Waals surface area contributed by atoms with Crippen molar-refractivity contribution in [2.24, 2.45) is 10.2 Å². The van der Waals surface area contributed by atoms with Crippen molar-refractivity contribution in [1.82, 2.24) is 39.0 Å². The standard InChI is InChI=1S/C20H24N12O8/c21-15-9-17(25-3-23-15)31(5-27-9)19(13(37)11(35)7(1-33)39-19)29-30-20(14(38)12(36)8(2-34)40-20)32-6-28-10-16(22)24-4-26-18(10)32/h3-8,11-14,33-38H,1-2H2,(H2,21,23,25)(H2,22,24,26)/t7-,8-,11-,12-,13-,14-,19+,20+/m1/s1. The molecule has 10 N–H and O–H groups in total. The second kappa shape index (κ2) is 9.28. The van der Waals surface area contributed by atoms with Crippen molar-refractivity contribution in [2.45, 2.75) is 48.3 Å². The first-order valence-electron chi connectivity index (χ1n) is 11.8. The van der Waals surface area contributed by atoms with Crippen molar-refractivity contribution in [3.8, 4) is 0 Å². The number of nitrogen functional groups attached to an aromatic ring is 2. The average Bonchev–Trinajstić information content (AvgIpc) is 3.70. The number of aliphatic hydroxyl groups is 6. The second-order valence-electron chi connectivity index (χ2n) is 9.16. The number of azo groups is 1. The smallest absolute Gasteiger partial charge is 0.294 e. The summed E-state index contributed by atoms with van der Waals surface area (Å²) >= 11 is 0. The molecule has 20 nitrogen and oxygen atoms in total. The van der Waals surface area contributed by atoms with E-state index in [1.807, 2.05) is 0 Å². The number of anilines is 2. The fourth-order valence-electron chi connectivity index (χ4n) is 4.84. The largest absolute Gasteiger partial charge is 0.394 e. The lowest BCUT2D eigenvalue weighted by Crippen LogP contribution is -2.47. The average molecular weight is 560 g/mol. The van der Waals surface area contributed by atoms with Gasteiger partial charge in [-0.2, -0.15) is 0 Å². The molecule has 2 fully saturated rings. The summed E-state index contributed by atoms with van der Waals surface area (Å²) in [6.45, 7) is -1.45. The van der Waals surface area contributed by atoms with Gasteiger partial charge in [0.25, 0.3) is 11.7 Å². The Hall–Kier alpha value is -4.02. The molecule has 0 amide bonds. The van der Waals surface area contributed by atoms with E-state index in [1.165, 1.54) is 0 Å². The molecular formula is C20H24N12O8. The van der Waals surface area contributed by atoms with Gasteiger partial charge in [-0.15, -0.1) is 10.2 Å². The molecule has 4 aromatic rings. The number of nitrogens with two attached hydrogens (primary N) is 2. The fourth-order valence-corrected chi connectivity index (χ4v) is 4.84. The molecule has 2 saturated heterocycles. The van der Waals surface area contributed by atoms with Crippen molar-refractivity contribution in [3.63, 3.8) is 0 Å². The molecule has 0 radical (unpaired) electrons. The molecule has 0 spiro atoms. The molecule has 8 atom stereocenters. The van der Waals surface area contributed by atoms with Crippen LogP contribution < -0.4 is 11.5 Å². The molecule has 4 aromatic heterocycles. The highest BCUT2D eigenvalue weighted by Gasteiger charge is 2.61. The van der Waals surface area contributed by atoms with Crippen molar-refractivity contribution >= 4 is 34.0 Å². The van der Waals surface area contributed by atoms with E-state index < -0.39 is 61.5 Å². The van der Waals surface area contributed by atoms with E-state index in [0.29, 0.717) is 0 Å². The van der Waals surface area contributed by atoms with Crippen molar-refractivity contribution in [1.29, 1.82) is 0 Å². The summed E-state index contributed by atoms with van der Waals surface area (Å²) in [6.07, 6.45) is -5.31. The molecule has 0 unspecified atom stereocenters. The predicted molar refractivity (Wildman–Crippen MR) is 128 cm³/mol. The molecule has 0 bridgehead atoms. The van der Waals surface area contributed by atoms with Crippen LogP contribution in [-0.2, 0) is 21.2 Å². The van der Waals surface area contributed by atoms with E-state index in [1.54, 1.807) is 0 Å². The van der Waals surface area contributed by atoms with Gasteiger partial charge in [-0.05, 0) is 0 Å². The van der Waals surface area contributed by atoms with Crippen molar-refractivity contribution in [2.75, 3.05) is 24.7 Å². The van der Waals surface area contributed by atoms with E-state index in [0.717, 1.165) is 34.4 Å². The van der Waals surface area contributed by atoms with Gasteiger partial charge in [0.05, 0.1) is 13.2 Å². The van der Waals surface area contributed by atoms with Gasteiger partial charge in [0.15, 0.2) is 35.1 Å². The summed E-state index contributed by atoms with van der Waals surface area (Å²) in [7, 11) is 0. The Kier molecular flexibility index (Phi) is 6.08. The molecule has 40 heavy (non-hydrogen) atoms. The Morgan fingerprint density at radius 2 is 1.10 bits per heavy atom. The van der Waals surface area contributed by atoms with Crippen LogP contribution in [0.3, 0.4) is 0 Å². The molecule has 212 valence electrons. The van der Waals surface area contributed by atoms with E-state index in [-0.39, 0.29) is 34.0 Å². The summed E-state index contributed by atoms with van der Waals surface area (Å²) in [5, 5.41) is 71.8. The third-order valence-electron chi connectivity index (χ3n) is 6.94. The van der Waals surface area contributed by atoms with Gasteiger partial charge in [0, 0.05) is 0 Å². The number of nitrogens with zero attached hydrogens (tertiary/aromatic N) is 10. The number of ether oxygens (including phenoxy) is 2. The molecule has 20 heteroatoms. The summed E-state index contributed by atoms with van der Waals surface area (Å²) in [5.74, 6) is -4.76.